The summed E-state index contributed by atoms with van der Waals surface area (Å²) in [7, 11) is 0. The van der Waals surface area contributed by atoms with Crippen molar-refractivity contribution in [3.8, 4) is 0 Å². The normalized spacial score (nSPS) is 15.1. The number of piperazine rings is 1. The van der Waals surface area contributed by atoms with Crippen LogP contribution in [-0.4, -0.2) is 57.1 Å². The zero-order valence-electron chi connectivity index (χ0n) is 15.8. The fourth-order valence-corrected chi connectivity index (χ4v) is 3.41. The zero-order chi connectivity index (χ0) is 20.1. The Morgan fingerprint density at radius 3 is 2.45 bits per heavy atom. The summed E-state index contributed by atoms with van der Waals surface area (Å²) in [6, 6.07) is 15.5. The van der Waals surface area contributed by atoms with Crippen molar-refractivity contribution in [1.82, 2.24) is 19.8 Å². The van der Waals surface area contributed by atoms with Crippen molar-refractivity contribution < 1.29 is 4.92 Å². The minimum absolute atomic E-state index is 0.0919. The van der Waals surface area contributed by atoms with Gasteiger partial charge >= 0.3 is 0 Å². The number of nitro groups is 1. The third-order valence-electron chi connectivity index (χ3n) is 4.90. The minimum Gasteiger partial charge on any atom is -0.363 e. The second kappa shape index (κ2) is 8.61. The lowest BCUT2D eigenvalue weighted by molar-refractivity contribution is -0.384. The van der Waals surface area contributed by atoms with Crippen molar-refractivity contribution in [2.24, 2.45) is 5.10 Å². The Bertz CT molecular complexity index is 981. The van der Waals surface area contributed by atoms with Gasteiger partial charge < -0.3 is 4.90 Å². The van der Waals surface area contributed by atoms with E-state index in [-0.39, 0.29) is 10.6 Å². The van der Waals surface area contributed by atoms with Crippen LogP contribution in [-0.2, 0) is 6.54 Å². The van der Waals surface area contributed by atoms with E-state index in [4.69, 9.17) is 0 Å². The smallest absolute Gasteiger partial charge is 0.293 e. The summed E-state index contributed by atoms with van der Waals surface area (Å²) in [4.78, 5) is 15.8. The van der Waals surface area contributed by atoms with Crippen molar-refractivity contribution in [2.45, 2.75) is 6.54 Å². The fraction of sp³-hybridized carbons (Fsp3) is 0.250. The summed E-state index contributed by atoms with van der Waals surface area (Å²) in [5, 5.41) is 23.1. The molecule has 0 spiro atoms. The molecule has 0 N–H and O–H groups in total. The molecular formula is C20H21N7O2. The lowest BCUT2D eigenvalue weighted by Crippen LogP contribution is -2.46. The van der Waals surface area contributed by atoms with Crippen LogP contribution < -0.4 is 4.90 Å². The van der Waals surface area contributed by atoms with Gasteiger partial charge in [0.05, 0.1) is 11.1 Å². The van der Waals surface area contributed by atoms with Crippen LogP contribution >= 0.6 is 0 Å². The van der Waals surface area contributed by atoms with Gasteiger partial charge in [0.15, 0.2) is 0 Å². The molecule has 2 aromatic carbocycles. The number of hydrogen-bond donors (Lipinski definition) is 0. The Balaban J connectivity index is 1.45. The van der Waals surface area contributed by atoms with Gasteiger partial charge in [-0.25, -0.2) is 4.68 Å². The Labute approximate surface area is 168 Å². The molecule has 0 aliphatic carbocycles. The first-order chi connectivity index (χ1) is 14.2. The van der Waals surface area contributed by atoms with E-state index in [2.05, 4.69) is 37.2 Å². The Morgan fingerprint density at radius 1 is 1.03 bits per heavy atom. The number of benzene rings is 2. The highest BCUT2D eigenvalue weighted by molar-refractivity contribution is 5.83. The topological polar surface area (TPSA) is 92.7 Å². The molecule has 0 unspecified atom stereocenters. The monoisotopic (exact) mass is 391 g/mol. The van der Waals surface area contributed by atoms with E-state index in [9.17, 15) is 10.1 Å². The van der Waals surface area contributed by atoms with Crippen LogP contribution in [0.4, 0.5) is 11.4 Å². The molecule has 1 aromatic heterocycles. The predicted octanol–water partition coefficient (Wildman–Crippen LogP) is 2.39. The van der Waals surface area contributed by atoms with Gasteiger partial charge in [0.25, 0.3) is 5.69 Å². The molecule has 9 nitrogen and oxygen atoms in total. The van der Waals surface area contributed by atoms with Crippen molar-refractivity contribution in [3.05, 3.63) is 82.4 Å². The molecule has 0 atom stereocenters. The summed E-state index contributed by atoms with van der Waals surface area (Å²) >= 11 is 0. The van der Waals surface area contributed by atoms with Crippen LogP contribution in [0.25, 0.3) is 0 Å². The van der Waals surface area contributed by atoms with Crippen LogP contribution in [0.3, 0.4) is 0 Å². The van der Waals surface area contributed by atoms with Crippen molar-refractivity contribution in [2.75, 3.05) is 31.1 Å². The van der Waals surface area contributed by atoms with Crippen LogP contribution in [0, 0.1) is 10.1 Å². The number of aromatic nitrogens is 3. The van der Waals surface area contributed by atoms with Crippen LogP contribution in [0.15, 0.2) is 66.3 Å². The summed E-state index contributed by atoms with van der Waals surface area (Å²) < 4.78 is 1.44. The second-order valence-corrected chi connectivity index (χ2v) is 6.84. The quantitative estimate of drug-likeness (QED) is 0.364. The third kappa shape index (κ3) is 4.64. The van der Waals surface area contributed by atoms with E-state index in [1.165, 1.54) is 22.9 Å². The molecule has 2 heterocycles. The highest BCUT2D eigenvalue weighted by Crippen LogP contribution is 2.30. The van der Waals surface area contributed by atoms with E-state index >= 15 is 0 Å². The Morgan fingerprint density at radius 2 is 1.76 bits per heavy atom. The Kier molecular flexibility index (Phi) is 5.57. The maximum absolute atomic E-state index is 11.7. The Hall–Kier alpha value is -3.59. The van der Waals surface area contributed by atoms with Crippen LogP contribution in [0.5, 0.6) is 0 Å². The number of nitro benzene ring substituents is 1. The highest BCUT2D eigenvalue weighted by Gasteiger charge is 2.24. The maximum Gasteiger partial charge on any atom is 0.293 e. The third-order valence-corrected chi connectivity index (χ3v) is 4.90. The van der Waals surface area contributed by atoms with E-state index in [0.717, 1.165) is 32.7 Å². The van der Waals surface area contributed by atoms with E-state index in [1.807, 2.05) is 24.3 Å². The van der Waals surface area contributed by atoms with Gasteiger partial charge in [-0.1, -0.05) is 36.4 Å². The van der Waals surface area contributed by atoms with Crippen LogP contribution in [0.1, 0.15) is 11.1 Å². The lowest BCUT2D eigenvalue weighted by Gasteiger charge is -2.35. The molecule has 0 bridgehead atoms. The fourth-order valence-electron chi connectivity index (χ4n) is 3.41. The van der Waals surface area contributed by atoms with Gasteiger partial charge in [0.1, 0.15) is 18.3 Å². The van der Waals surface area contributed by atoms with Gasteiger partial charge in [-0.2, -0.15) is 5.10 Å². The van der Waals surface area contributed by atoms with Crippen molar-refractivity contribution in [1.29, 1.82) is 0 Å². The molecule has 148 valence electrons. The average molecular weight is 391 g/mol. The van der Waals surface area contributed by atoms with Crippen molar-refractivity contribution >= 4 is 17.6 Å². The number of rotatable bonds is 6. The standard InChI is InChI=1S/C20H21N7O2/c28-27(29)20-12-18(13-23-26-15-21-22-16-26)6-7-19(20)25-10-8-24(9-11-25)14-17-4-2-1-3-5-17/h1-7,12-13,15-16H,8-11,14H2. The number of nitrogens with zero attached hydrogens (tertiary/aromatic N) is 7. The van der Waals surface area contributed by atoms with Gasteiger partial charge in [0, 0.05) is 44.4 Å². The van der Waals surface area contributed by atoms with Gasteiger partial charge in [0.2, 0.25) is 0 Å². The molecule has 3 aromatic rings. The number of anilines is 1. The maximum atomic E-state index is 11.7. The van der Waals surface area contributed by atoms with E-state index in [0.29, 0.717) is 11.3 Å². The second-order valence-electron chi connectivity index (χ2n) is 6.84. The zero-order valence-corrected chi connectivity index (χ0v) is 15.8. The molecule has 0 saturated carbocycles. The molecule has 4 rings (SSSR count). The summed E-state index contributed by atoms with van der Waals surface area (Å²) in [6.45, 7) is 4.13. The highest BCUT2D eigenvalue weighted by atomic mass is 16.6. The average Bonchev–Trinajstić information content (AvgIpc) is 3.27. The molecule has 0 amide bonds. The molecule has 29 heavy (non-hydrogen) atoms. The first-order valence-electron chi connectivity index (χ1n) is 9.38. The van der Waals surface area contributed by atoms with Gasteiger partial charge in [-0.15, -0.1) is 10.2 Å². The molecule has 0 radical (unpaired) electrons. The minimum atomic E-state index is -0.332. The SMILES string of the molecule is O=[N+]([O-])c1cc(C=Nn2cnnc2)ccc1N1CCN(Cc2ccccc2)CC1. The molecule has 1 saturated heterocycles. The van der Waals surface area contributed by atoms with E-state index in [1.54, 1.807) is 18.3 Å². The van der Waals surface area contributed by atoms with Crippen molar-refractivity contribution in [3.63, 3.8) is 0 Å². The van der Waals surface area contributed by atoms with Crippen LogP contribution in [0.2, 0.25) is 0 Å². The van der Waals surface area contributed by atoms with Gasteiger partial charge in [-0.05, 0) is 11.6 Å². The first kappa shape index (κ1) is 18.8. The molecule has 9 heteroatoms. The number of hydrogen-bond acceptors (Lipinski definition) is 7. The summed E-state index contributed by atoms with van der Waals surface area (Å²) in [5.41, 5.74) is 2.67. The lowest BCUT2D eigenvalue weighted by atomic mass is 10.1. The molecular weight excluding hydrogens is 370 g/mol. The molecule has 1 aliphatic rings. The summed E-state index contributed by atoms with van der Waals surface area (Å²) in [5.74, 6) is 0. The van der Waals surface area contributed by atoms with Gasteiger partial charge in [-0.3, -0.25) is 15.0 Å². The first-order valence-corrected chi connectivity index (χ1v) is 9.38. The molecule has 1 fully saturated rings. The predicted molar refractivity (Wildman–Crippen MR) is 110 cm³/mol. The summed E-state index contributed by atoms with van der Waals surface area (Å²) in [6.07, 6.45) is 4.46. The largest absolute Gasteiger partial charge is 0.363 e. The molecule has 1 aliphatic heterocycles. The van der Waals surface area contributed by atoms with E-state index < -0.39 is 0 Å².